The quantitative estimate of drug-likeness (QED) is 0.841. The van der Waals surface area contributed by atoms with Gasteiger partial charge in [-0.2, -0.15) is 4.31 Å². The minimum absolute atomic E-state index is 0.171. The molecule has 1 aromatic carbocycles. The second-order valence-electron chi connectivity index (χ2n) is 4.87. The Morgan fingerprint density at radius 2 is 2.05 bits per heavy atom. The van der Waals surface area contributed by atoms with Crippen LogP contribution in [0.15, 0.2) is 17.0 Å². The van der Waals surface area contributed by atoms with Gasteiger partial charge in [0.25, 0.3) is 0 Å². The Labute approximate surface area is 127 Å². The third-order valence-corrected chi connectivity index (χ3v) is 6.12. The van der Waals surface area contributed by atoms with Crippen molar-refractivity contribution < 1.29 is 17.9 Å². The lowest BCUT2D eigenvalue weighted by Crippen LogP contribution is -2.44. The van der Waals surface area contributed by atoms with Crippen molar-refractivity contribution in [3.63, 3.8) is 0 Å². The van der Waals surface area contributed by atoms with Gasteiger partial charge in [0.2, 0.25) is 10.0 Å². The Balaban J connectivity index is 2.39. The van der Waals surface area contributed by atoms with Crippen LogP contribution in [0.3, 0.4) is 0 Å². The molecule has 0 aromatic heterocycles. The van der Waals surface area contributed by atoms with E-state index in [9.17, 15) is 17.9 Å². The van der Waals surface area contributed by atoms with Crippen molar-refractivity contribution in [2.75, 3.05) is 13.1 Å². The Bertz CT molecular complexity index is 623. The fourth-order valence-electron chi connectivity index (χ4n) is 2.16. The number of halogens is 3. The first-order chi connectivity index (χ1) is 9.25. The molecule has 4 nitrogen and oxygen atoms in total. The van der Waals surface area contributed by atoms with Crippen LogP contribution in [0.25, 0.3) is 0 Å². The monoisotopic (exact) mass is 341 g/mol. The standard InChI is InChI=1S/C12H14Cl2FNO3S/c1-7-6-16(5-4-9(7)17)20(18,19)10-3-2-8(13)12(15)11(10)14/h2-3,7,9,17H,4-6H2,1H3/t7-,9-/m1/s1. The normalized spacial score (nSPS) is 24.9. The summed E-state index contributed by atoms with van der Waals surface area (Å²) < 4.78 is 39.8. The number of aliphatic hydroxyl groups excluding tert-OH is 1. The maximum absolute atomic E-state index is 13.6. The Morgan fingerprint density at radius 1 is 1.40 bits per heavy atom. The zero-order valence-electron chi connectivity index (χ0n) is 10.7. The van der Waals surface area contributed by atoms with E-state index in [-0.39, 0.29) is 28.9 Å². The summed E-state index contributed by atoms with van der Waals surface area (Å²) in [7, 11) is -3.90. The van der Waals surface area contributed by atoms with Gasteiger partial charge < -0.3 is 5.11 Å². The summed E-state index contributed by atoms with van der Waals surface area (Å²) in [6, 6.07) is 2.36. The van der Waals surface area contributed by atoms with E-state index in [1.54, 1.807) is 6.92 Å². The predicted molar refractivity (Wildman–Crippen MR) is 75.0 cm³/mol. The first kappa shape index (κ1) is 16.0. The average Bonchev–Trinajstić information content (AvgIpc) is 2.38. The summed E-state index contributed by atoms with van der Waals surface area (Å²) in [4.78, 5) is -0.301. The SMILES string of the molecule is C[C@@H]1CN(S(=O)(=O)c2ccc(Cl)c(F)c2Cl)CC[C@H]1O. The molecule has 8 heteroatoms. The molecule has 1 heterocycles. The van der Waals surface area contributed by atoms with Gasteiger partial charge in [0.1, 0.15) is 4.90 Å². The summed E-state index contributed by atoms with van der Waals surface area (Å²) in [6.07, 6.45) is -0.187. The van der Waals surface area contributed by atoms with Gasteiger partial charge in [0.15, 0.2) is 5.82 Å². The number of benzene rings is 1. The molecule has 2 rings (SSSR count). The van der Waals surface area contributed by atoms with Crippen molar-refractivity contribution in [1.29, 1.82) is 0 Å². The molecule has 0 aliphatic carbocycles. The minimum atomic E-state index is -3.90. The highest BCUT2D eigenvalue weighted by atomic mass is 35.5. The van der Waals surface area contributed by atoms with Crippen molar-refractivity contribution in [3.8, 4) is 0 Å². The molecule has 1 N–H and O–H groups in total. The van der Waals surface area contributed by atoms with Crippen molar-refractivity contribution in [2.24, 2.45) is 5.92 Å². The molecular weight excluding hydrogens is 328 g/mol. The van der Waals surface area contributed by atoms with Gasteiger partial charge in [-0.05, 0) is 24.5 Å². The first-order valence-corrected chi connectivity index (χ1v) is 8.26. The smallest absolute Gasteiger partial charge is 0.244 e. The third kappa shape index (κ3) is 2.80. The molecule has 0 spiro atoms. The molecule has 0 bridgehead atoms. The second kappa shape index (κ2) is 5.77. The Kier molecular flexibility index (Phi) is 4.61. The number of aliphatic hydroxyl groups is 1. The molecule has 1 aliphatic heterocycles. The van der Waals surface area contributed by atoms with Gasteiger partial charge in [-0.25, -0.2) is 12.8 Å². The number of hydrogen-bond acceptors (Lipinski definition) is 3. The van der Waals surface area contributed by atoms with Crippen LogP contribution in [0.4, 0.5) is 4.39 Å². The van der Waals surface area contributed by atoms with E-state index in [1.165, 1.54) is 10.4 Å². The van der Waals surface area contributed by atoms with E-state index in [0.29, 0.717) is 6.42 Å². The number of sulfonamides is 1. The van der Waals surface area contributed by atoms with E-state index in [1.807, 2.05) is 0 Å². The molecule has 1 aliphatic rings. The number of hydrogen-bond donors (Lipinski definition) is 1. The third-order valence-electron chi connectivity index (χ3n) is 3.44. The van der Waals surface area contributed by atoms with Crippen LogP contribution < -0.4 is 0 Å². The van der Waals surface area contributed by atoms with E-state index in [2.05, 4.69) is 0 Å². The lowest BCUT2D eigenvalue weighted by molar-refractivity contribution is 0.0628. The van der Waals surface area contributed by atoms with Gasteiger partial charge in [-0.3, -0.25) is 0 Å². The molecule has 0 unspecified atom stereocenters. The highest BCUT2D eigenvalue weighted by molar-refractivity contribution is 7.89. The van der Waals surface area contributed by atoms with Crippen LogP contribution in [-0.4, -0.2) is 37.0 Å². The molecule has 20 heavy (non-hydrogen) atoms. The molecule has 1 fully saturated rings. The Hall–Kier alpha value is -0.400. The largest absolute Gasteiger partial charge is 0.393 e. The van der Waals surface area contributed by atoms with Crippen LogP contribution in [0, 0.1) is 11.7 Å². The molecule has 0 radical (unpaired) electrons. The lowest BCUT2D eigenvalue weighted by atomic mass is 9.99. The molecule has 112 valence electrons. The molecule has 2 atom stereocenters. The van der Waals surface area contributed by atoms with Crippen molar-refractivity contribution >= 4 is 33.2 Å². The summed E-state index contributed by atoms with van der Waals surface area (Å²) in [6.45, 7) is 2.11. The summed E-state index contributed by atoms with van der Waals surface area (Å²) in [5, 5.41) is 8.91. The molecular formula is C12H14Cl2FNO3S. The van der Waals surface area contributed by atoms with E-state index < -0.39 is 27.0 Å². The zero-order chi connectivity index (χ0) is 15.1. The highest BCUT2D eigenvalue weighted by Crippen LogP contribution is 2.32. The number of nitrogens with zero attached hydrogens (tertiary/aromatic N) is 1. The fourth-order valence-corrected chi connectivity index (χ4v) is 4.43. The van der Waals surface area contributed by atoms with Gasteiger partial charge in [0.05, 0.1) is 16.1 Å². The maximum Gasteiger partial charge on any atom is 0.244 e. The van der Waals surface area contributed by atoms with E-state index in [4.69, 9.17) is 23.2 Å². The van der Waals surface area contributed by atoms with Gasteiger partial charge in [0, 0.05) is 13.1 Å². The fraction of sp³-hybridized carbons (Fsp3) is 0.500. The topological polar surface area (TPSA) is 57.6 Å². The van der Waals surface area contributed by atoms with Crippen LogP contribution in [0.1, 0.15) is 13.3 Å². The average molecular weight is 342 g/mol. The van der Waals surface area contributed by atoms with Crippen molar-refractivity contribution in [2.45, 2.75) is 24.3 Å². The first-order valence-electron chi connectivity index (χ1n) is 6.07. The molecule has 0 amide bonds. The van der Waals surface area contributed by atoms with Crippen LogP contribution in [0.2, 0.25) is 10.0 Å². The lowest BCUT2D eigenvalue weighted by Gasteiger charge is -2.33. The second-order valence-corrected chi connectivity index (χ2v) is 7.56. The predicted octanol–water partition coefficient (Wildman–Crippen LogP) is 2.52. The summed E-state index contributed by atoms with van der Waals surface area (Å²) in [5.41, 5.74) is 0. The van der Waals surface area contributed by atoms with Crippen molar-refractivity contribution in [1.82, 2.24) is 4.31 Å². The minimum Gasteiger partial charge on any atom is -0.393 e. The van der Waals surface area contributed by atoms with Crippen molar-refractivity contribution in [3.05, 3.63) is 28.0 Å². The van der Waals surface area contributed by atoms with Crippen LogP contribution in [0.5, 0.6) is 0 Å². The van der Waals surface area contributed by atoms with Crippen LogP contribution in [-0.2, 0) is 10.0 Å². The summed E-state index contributed by atoms with van der Waals surface area (Å²) in [5.74, 6) is -1.13. The van der Waals surface area contributed by atoms with Gasteiger partial charge in [-0.15, -0.1) is 0 Å². The highest BCUT2D eigenvalue weighted by Gasteiger charge is 2.34. The van der Waals surface area contributed by atoms with Crippen LogP contribution >= 0.6 is 23.2 Å². The van der Waals surface area contributed by atoms with E-state index in [0.717, 1.165) is 6.07 Å². The zero-order valence-corrected chi connectivity index (χ0v) is 13.0. The van der Waals surface area contributed by atoms with Gasteiger partial charge in [-0.1, -0.05) is 30.1 Å². The Morgan fingerprint density at radius 3 is 2.65 bits per heavy atom. The maximum atomic E-state index is 13.6. The summed E-state index contributed by atoms with van der Waals surface area (Å²) >= 11 is 11.3. The molecule has 1 saturated heterocycles. The van der Waals surface area contributed by atoms with E-state index >= 15 is 0 Å². The number of piperidine rings is 1. The molecule has 1 aromatic rings. The van der Waals surface area contributed by atoms with Gasteiger partial charge >= 0.3 is 0 Å². The number of rotatable bonds is 2. The molecule has 0 saturated carbocycles.